The summed E-state index contributed by atoms with van der Waals surface area (Å²) >= 11 is 2.00. The minimum absolute atomic E-state index is 0. The third-order valence-corrected chi connectivity index (χ3v) is 6.20. The van der Waals surface area contributed by atoms with Crippen molar-refractivity contribution in [2.45, 2.75) is 44.9 Å². The molecule has 1 aromatic rings. The second kappa shape index (κ2) is 12.1. The van der Waals surface area contributed by atoms with Gasteiger partial charge in [-0.25, -0.2) is 0 Å². The highest BCUT2D eigenvalue weighted by molar-refractivity contribution is 14.0. The Balaban J connectivity index is 0.00000261. The second-order valence-electron chi connectivity index (χ2n) is 7.19. The van der Waals surface area contributed by atoms with Crippen LogP contribution in [0, 0.1) is 0 Å². The third kappa shape index (κ3) is 7.44. The Bertz CT molecular complexity index is 595. The number of aliphatic hydroxyl groups is 1. The van der Waals surface area contributed by atoms with Crippen molar-refractivity contribution in [3.05, 3.63) is 35.4 Å². The molecule has 2 unspecified atom stereocenters. The predicted molar refractivity (Wildman–Crippen MR) is 126 cm³/mol. The van der Waals surface area contributed by atoms with Gasteiger partial charge in [0.1, 0.15) is 0 Å². The topological polar surface area (TPSA) is 59.9 Å². The molecule has 3 rings (SSSR count). The van der Waals surface area contributed by atoms with E-state index < -0.39 is 6.10 Å². The molecule has 0 bridgehead atoms. The molecule has 2 aliphatic rings. The first-order chi connectivity index (χ1) is 12.7. The van der Waals surface area contributed by atoms with Crippen LogP contribution in [0.4, 0.5) is 0 Å². The van der Waals surface area contributed by atoms with Crippen molar-refractivity contribution in [2.75, 3.05) is 37.7 Å². The smallest absolute Gasteiger partial charge is 0.191 e. The number of aliphatic hydroxyl groups excluding tert-OH is 1. The Labute approximate surface area is 184 Å². The van der Waals surface area contributed by atoms with Crippen molar-refractivity contribution in [2.24, 2.45) is 4.99 Å². The Morgan fingerprint density at radius 1 is 1.37 bits per heavy atom. The highest BCUT2D eigenvalue weighted by atomic mass is 127. The van der Waals surface area contributed by atoms with Gasteiger partial charge in [-0.05, 0) is 43.1 Å². The van der Waals surface area contributed by atoms with Crippen LogP contribution in [0.25, 0.3) is 0 Å². The van der Waals surface area contributed by atoms with Crippen LogP contribution in [-0.2, 0) is 13.0 Å². The van der Waals surface area contributed by atoms with E-state index in [1.807, 2.05) is 11.8 Å². The number of nitrogens with one attached hydrogen (secondary N) is 2. The zero-order chi connectivity index (χ0) is 18.2. The molecule has 152 valence electrons. The minimum atomic E-state index is -0.434. The number of fused-ring (bicyclic) bond motifs is 1. The Kier molecular flexibility index (Phi) is 10.2. The van der Waals surface area contributed by atoms with Crippen molar-refractivity contribution in [1.29, 1.82) is 0 Å². The molecule has 5 nitrogen and oxygen atoms in total. The van der Waals surface area contributed by atoms with Gasteiger partial charge in [-0.3, -0.25) is 9.89 Å². The number of guanidine groups is 1. The highest BCUT2D eigenvalue weighted by Crippen LogP contribution is 2.18. The van der Waals surface area contributed by atoms with Gasteiger partial charge in [-0.15, -0.1) is 24.0 Å². The quantitative estimate of drug-likeness (QED) is 0.316. The first-order valence-electron chi connectivity index (χ1n) is 9.84. The van der Waals surface area contributed by atoms with E-state index in [1.165, 1.54) is 29.7 Å². The van der Waals surface area contributed by atoms with E-state index in [2.05, 4.69) is 51.7 Å². The van der Waals surface area contributed by atoms with E-state index in [-0.39, 0.29) is 24.0 Å². The number of β-amino-alcohol motifs (C(OH)–C–C–N with tert-alkyl or cyclic N) is 1. The maximum Gasteiger partial charge on any atom is 0.191 e. The van der Waals surface area contributed by atoms with Crippen molar-refractivity contribution < 1.29 is 5.11 Å². The van der Waals surface area contributed by atoms with Crippen LogP contribution >= 0.6 is 35.7 Å². The van der Waals surface area contributed by atoms with Gasteiger partial charge in [0.2, 0.25) is 0 Å². The number of benzene rings is 1. The molecule has 0 saturated carbocycles. The number of hydrogen-bond donors (Lipinski definition) is 3. The molecule has 0 amide bonds. The molecule has 1 aromatic carbocycles. The van der Waals surface area contributed by atoms with E-state index in [0.29, 0.717) is 19.1 Å². The zero-order valence-corrected chi connectivity index (χ0v) is 19.3. The average molecular weight is 504 g/mol. The lowest BCUT2D eigenvalue weighted by atomic mass is 10.00. The number of halogens is 1. The Hall–Kier alpha value is -0.510. The maximum atomic E-state index is 10.5. The normalized spacial score (nSPS) is 21.7. The van der Waals surface area contributed by atoms with E-state index in [9.17, 15) is 5.11 Å². The number of thioether (sulfide) groups is 1. The van der Waals surface area contributed by atoms with Gasteiger partial charge in [-0.2, -0.15) is 11.8 Å². The van der Waals surface area contributed by atoms with Gasteiger partial charge in [0.05, 0.1) is 12.6 Å². The number of hydrogen-bond acceptors (Lipinski definition) is 4. The van der Waals surface area contributed by atoms with E-state index >= 15 is 0 Å². The number of nitrogens with zero attached hydrogens (tertiary/aromatic N) is 2. The van der Waals surface area contributed by atoms with E-state index in [1.54, 1.807) is 0 Å². The van der Waals surface area contributed by atoms with Gasteiger partial charge >= 0.3 is 0 Å². The highest BCUT2D eigenvalue weighted by Gasteiger charge is 2.19. The van der Waals surface area contributed by atoms with Crippen molar-refractivity contribution in [3.8, 4) is 0 Å². The van der Waals surface area contributed by atoms with Crippen LogP contribution in [0.3, 0.4) is 0 Å². The maximum absolute atomic E-state index is 10.5. The average Bonchev–Trinajstić information content (AvgIpc) is 2.67. The van der Waals surface area contributed by atoms with Crippen molar-refractivity contribution in [1.82, 2.24) is 15.5 Å². The summed E-state index contributed by atoms with van der Waals surface area (Å²) < 4.78 is 0. The molecule has 0 aromatic heterocycles. The molecule has 2 aliphatic heterocycles. The van der Waals surface area contributed by atoms with E-state index in [0.717, 1.165) is 37.8 Å². The summed E-state index contributed by atoms with van der Waals surface area (Å²) in [6, 6.07) is 9.11. The summed E-state index contributed by atoms with van der Waals surface area (Å²) in [6.45, 7) is 5.97. The van der Waals surface area contributed by atoms with Gasteiger partial charge in [-0.1, -0.05) is 24.3 Å². The fraction of sp³-hybridized carbons (Fsp3) is 0.650. The molecule has 0 spiro atoms. The summed E-state index contributed by atoms with van der Waals surface area (Å²) in [5, 5.41) is 17.3. The molecular formula is C20H33IN4OS. The fourth-order valence-corrected chi connectivity index (χ4v) is 4.70. The summed E-state index contributed by atoms with van der Waals surface area (Å²) in [4.78, 5) is 6.96. The van der Waals surface area contributed by atoms with Crippen LogP contribution in [-0.4, -0.2) is 65.8 Å². The van der Waals surface area contributed by atoms with Crippen molar-refractivity contribution >= 4 is 41.7 Å². The van der Waals surface area contributed by atoms with Crippen molar-refractivity contribution in [3.63, 3.8) is 0 Å². The lowest BCUT2D eigenvalue weighted by molar-refractivity contribution is 0.111. The molecule has 27 heavy (non-hydrogen) atoms. The van der Waals surface area contributed by atoms with Crippen LogP contribution in [0.5, 0.6) is 0 Å². The third-order valence-electron chi connectivity index (χ3n) is 4.98. The Morgan fingerprint density at radius 2 is 2.19 bits per heavy atom. The van der Waals surface area contributed by atoms with Crippen LogP contribution in [0.15, 0.2) is 29.3 Å². The second-order valence-corrected chi connectivity index (χ2v) is 8.34. The molecule has 2 heterocycles. The SMILES string of the molecule is CCNC(=NCC(O)CN1CCc2ccccc2C1)NC1CCCSC1.I. The number of rotatable bonds is 6. The monoisotopic (exact) mass is 504 g/mol. The lowest BCUT2D eigenvalue weighted by Crippen LogP contribution is -2.46. The first kappa shape index (κ1) is 22.8. The Morgan fingerprint density at radius 3 is 2.93 bits per heavy atom. The van der Waals surface area contributed by atoms with Gasteiger partial charge in [0, 0.05) is 38.0 Å². The predicted octanol–water partition coefficient (Wildman–Crippen LogP) is 2.47. The summed E-state index contributed by atoms with van der Waals surface area (Å²) in [7, 11) is 0. The summed E-state index contributed by atoms with van der Waals surface area (Å²) in [5.74, 6) is 3.24. The van der Waals surface area contributed by atoms with Crippen LogP contribution in [0.1, 0.15) is 30.9 Å². The molecular weight excluding hydrogens is 471 g/mol. The lowest BCUT2D eigenvalue weighted by Gasteiger charge is -2.30. The molecule has 2 atom stereocenters. The van der Waals surface area contributed by atoms with Crippen LogP contribution < -0.4 is 10.6 Å². The molecule has 0 aliphatic carbocycles. The molecule has 1 fully saturated rings. The van der Waals surface area contributed by atoms with Gasteiger partial charge < -0.3 is 15.7 Å². The summed E-state index contributed by atoms with van der Waals surface area (Å²) in [5.41, 5.74) is 2.83. The minimum Gasteiger partial charge on any atom is -0.390 e. The fourth-order valence-electron chi connectivity index (χ4n) is 3.63. The van der Waals surface area contributed by atoms with Gasteiger partial charge in [0.25, 0.3) is 0 Å². The van der Waals surface area contributed by atoms with Crippen LogP contribution in [0.2, 0.25) is 0 Å². The van der Waals surface area contributed by atoms with Gasteiger partial charge in [0.15, 0.2) is 5.96 Å². The largest absolute Gasteiger partial charge is 0.390 e. The zero-order valence-electron chi connectivity index (χ0n) is 16.2. The number of aliphatic imine (C=N–C) groups is 1. The summed E-state index contributed by atoms with van der Waals surface area (Å²) in [6.07, 6.45) is 3.10. The molecule has 0 radical (unpaired) electrons. The molecule has 7 heteroatoms. The van der Waals surface area contributed by atoms with E-state index in [4.69, 9.17) is 0 Å². The molecule has 3 N–H and O–H groups in total. The molecule has 1 saturated heterocycles. The standard InChI is InChI=1S/C20H32N4OS.HI/c1-2-21-20(23-18-8-5-11-26-15-18)22-12-19(25)14-24-10-9-16-6-3-4-7-17(16)13-24;/h3-4,6-7,18-19,25H,2,5,8-15H2,1H3,(H2,21,22,23);1H. The first-order valence-corrected chi connectivity index (χ1v) is 11.0.